The number of rotatable bonds is 2. The molecule has 1 aliphatic heterocycles. The molecule has 0 atom stereocenters. The van der Waals surface area contributed by atoms with Crippen LogP contribution in [0, 0.1) is 6.92 Å². The predicted molar refractivity (Wildman–Crippen MR) is 66.4 cm³/mol. The summed E-state index contributed by atoms with van der Waals surface area (Å²) < 4.78 is 0. The summed E-state index contributed by atoms with van der Waals surface area (Å²) in [4.78, 5) is 6.96. The molecule has 0 saturated carbocycles. The van der Waals surface area contributed by atoms with Crippen molar-refractivity contribution >= 4 is 17.6 Å². The lowest BCUT2D eigenvalue weighted by atomic mass is 10.2. The highest BCUT2D eigenvalue weighted by Crippen LogP contribution is 2.21. The lowest BCUT2D eigenvalue weighted by Gasteiger charge is -2.29. The molecule has 1 aromatic rings. The van der Waals surface area contributed by atoms with Crippen molar-refractivity contribution in [2.75, 3.05) is 29.5 Å². The molecule has 0 unspecified atom stereocenters. The Balaban J connectivity index is 2.27. The summed E-state index contributed by atoms with van der Waals surface area (Å²) in [5.41, 5.74) is 7.97. The number of nitrogens with two attached hydrogens (primary N) is 1. The minimum atomic E-state index is 0.576. The van der Waals surface area contributed by atoms with Crippen LogP contribution in [0.3, 0.4) is 0 Å². The molecule has 0 amide bonds. The second-order valence-electron chi connectivity index (χ2n) is 3.74. The Morgan fingerprint density at radius 1 is 1.40 bits per heavy atom. The molecule has 3 nitrogen and oxygen atoms in total. The Kier molecular flexibility index (Phi) is 3.49. The number of thioether (sulfide) groups is 1. The van der Waals surface area contributed by atoms with E-state index in [1.165, 1.54) is 11.5 Å². The van der Waals surface area contributed by atoms with E-state index in [0.717, 1.165) is 30.2 Å². The van der Waals surface area contributed by atoms with Crippen LogP contribution in [0.1, 0.15) is 11.3 Å². The highest BCUT2D eigenvalue weighted by molar-refractivity contribution is 7.99. The van der Waals surface area contributed by atoms with E-state index in [1.54, 1.807) is 0 Å². The first-order valence-corrected chi connectivity index (χ1v) is 6.46. The molecule has 2 N–H and O–H groups in total. The van der Waals surface area contributed by atoms with Crippen LogP contribution in [-0.2, 0) is 6.54 Å². The first kappa shape index (κ1) is 10.8. The summed E-state index contributed by atoms with van der Waals surface area (Å²) in [7, 11) is 0. The lowest BCUT2D eigenvalue weighted by molar-refractivity contribution is 0.821. The zero-order valence-corrected chi connectivity index (χ0v) is 9.89. The Bertz CT molecular complexity index is 335. The Hall–Kier alpha value is -0.740. The van der Waals surface area contributed by atoms with E-state index in [1.807, 2.05) is 24.8 Å². The van der Waals surface area contributed by atoms with Gasteiger partial charge in [-0.25, -0.2) is 4.98 Å². The van der Waals surface area contributed by atoms with Crippen LogP contribution >= 0.6 is 11.8 Å². The summed E-state index contributed by atoms with van der Waals surface area (Å²) in [6.45, 7) is 4.79. The van der Waals surface area contributed by atoms with Crippen molar-refractivity contribution in [2.24, 2.45) is 5.73 Å². The van der Waals surface area contributed by atoms with Gasteiger partial charge < -0.3 is 10.6 Å². The fourth-order valence-electron chi connectivity index (χ4n) is 1.78. The average molecular weight is 223 g/mol. The van der Waals surface area contributed by atoms with Gasteiger partial charge in [0, 0.05) is 42.4 Å². The maximum Gasteiger partial charge on any atom is 0.133 e. The molecule has 0 aromatic carbocycles. The normalized spacial score (nSPS) is 16.8. The van der Waals surface area contributed by atoms with Gasteiger partial charge in [-0.2, -0.15) is 11.8 Å². The molecule has 15 heavy (non-hydrogen) atoms. The molecule has 0 spiro atoms. The monoisotopic (exact) mass is 223 g/mol. The summed E-state index contributed by atoms with van der Waals surface area (Å²) in [6, 6.07) is 4.13. The highest BCUT2D eigenvalue weighted by Gasteiger charge is 2.15. The third-order valence-corrected chi connectivity index (χ3v) is 3.57. The van der Waals surface area contributed by atoms with Gasteiger partial charge in [-0.05, 0) is 13.0 Å². The minimum Gasteiger partial charge on any atom is -0.355 e. The fourth-order valence-corrected chi connectivity index (χ4v) is 2.68. The van der Waals surface area contributed by atoms with Crippen LogP contribution in [0.4, 0.5) is 5.82 Å². The standard InChI is InChI=1S/C11H17N3S/c1-9-2-3-10(8-12)11(13-9)14-4-6-15-7-5-14/h2-3H,4-8,12H2,1H3. The van der Waals surface area contributed by atoms with E-state index in [4.69, 9.17) is 5.73 Å². The average Bonchev–Trinajstić information content (AvgIpc) is 2.30. The second kappa shape index (κ2) is 4.86. The molecule has 1 aliphatic rings. The highest BCUT2D eigenvalue weighted by atomic mass is 32.2. The van der Waals surface area contributed by atoms with Crippen molar-refractivity contribution in [3.05, 3.63) is 23.4 Å². The van der Waals surface area contributed by atoms with Crippen molar-refractivity contribution in [1.29, 1.82) is 0 Å². The molecule has 2 heterocycles. The first-order chi connectivity index (χ1) is 7.31. The molecule has 2 rings (SSSR count). The number of nitrogens with zero attached hydrogens (tertiary/aromatic N) is 2. The summed E-state index contributed by atoms with van der Waals surface area (Å²) >= 11 is 2.01. The number of aromatic nitrogens is 1. The van der Waals surface area contributed by atoms with Crippen molar-refractivity contribution in [2.45, 2.75) is 13.5 Å². The Morgan fingerprint density at radius 2 is 2.13 bits per heavy atom. The van der Waals surface area contributed by atoms with Gasteiger partial charge in [0.2, 0.25) is 0 Å². The Morgan fingerprint density at radius 3 is 2.80 bits per heavy atom. The van der Waals surface area contributed by atoms with Crippen LogP contribution < -0.4 is 10.6 Å². The third-order valence-electron chi connectivity index (χ3n) is 2.63. The largest absolute Gasteiger partial charge is 0.355 e. The number of aryl methyl sites for hydroxylation is 1. The van der Waals surface area contributed by atoms with Gasteiger partial charge in [0.05, 0.1) is 0 Å². The second-order valence-corrected chi connectivity index (χ2v) is 4.96. The molecule has 82 valence electrons. The van der Waals surface area contributed by atoms with E-state index in [-0.39, 0.29) is 0 Å². The van der Waals surface area contributed by atoms with Gasteiger partial charge in [-0.15, -0.1) is 0 Å². The molecule has 0 aliphatic carbocycles. The molecule has 0 radical (unpaired) electrons. The topological polar surface area (TPSA) is 42.1 Å². The SMILES string of the molecule is Cc1ccc(CN)c(N2CCSCC2)n1. The molecular formula is C11H17N3S. The minimum absolute atomic E-state index is 0.576. The quantitative estimate of drug-likeness (QED) is 0.823. The smallest absolute Gasteiger partial charge is 0.133 e. The van der Waals surface area contributed by atoms with E-state index in [9.17, 15) is 0 Å². The lowest BCUT2D eigenvalue weighted by Crippen LogP contribution is -2.34. The summed E-state index contributed by atoms with van der Waals surface area (Å²) in [6.07, 6.45) is 0. The van der Waals surface area contributed by atoms with E-state index >= 15 is 0 Å². The molecule has 1 aromatic heterocycles. The third kappa shape index (κ3) is 2.44. The van der Waals surface area contributed by atoms with Gasteiger partial charge in [0.15, 0.2) is 0 Å². The van der Waals surface area contributed by atoms with Gasteiger partial charge in [-0.3, -0.25) is 0 Å². The summed E-state index contributed by atoms with van der Waals surface area (Å²) in [5.74, 6) is 3.48. The molecule has 4 heteroatoms. The molecule has 1 fully saturated rings. The van der Waals surface area contributed by atoms with Crippen LogP contribution in [0.2, 0.25) is 0 Å². The Labute approximate surface area is 95.1 Å². The van der Waals surface area contributed by atoms with E-state index in [0.29, 0.717) is 6.54 Å². The fraction of sp³-hybridized carbons (Fsp3) is 0.545. The summed E-state index contributed by atoms with van der Waals surface area (Å²) in [5, 5.41) is 0. The van der Waals surface area contributed by atoms with Crippen molar-refractivity contribution in [3.63, 3.8) is 0 Å². The first-order valence-electron chi connectivity index (χ1n) is 5.30. The van der Waals surface area contributed by atoms with Gasteiger partial charge in [-0.1, -0.05) is 6.07 Å². The predicted octanol–water partition coefficient (Wildman–Crippen LogP) is 1.40. The van der Waals surface area contributed by atoms with Crippen LogP contribution in [-0.4, -0.2) is 29.6 Å². The van der Waals surface area contributed by atoms with Crippen LogP contribution in [0.5, 0.6) is 0 Å². The molecule has 1 saturated heterocycles. The van der Waals surface area contributed by atoms with E-state index in [2.05, 4.69) is 16.0 Å². The molecule has 0 bridgehead atoms. The number of hydrogen-bond acceptors (Lipinski definition) is 4. The maximum absolute atomic E-state index is 5.74. The van der Waals surface area contributed by atoms with Crippen molar-refractivity contribution in [1.82, 2.24) is 4.98 Å². The number of anilines is 1. The molecular weight excluding hydrogens is 206 g/mol. The number of hydrogen-bond donors (Lipinski definition) is 1. The maximum atomic E-state index is 5.74. The van der Waals surface area contributed by atoms with Crippen molar-refractivity contribution in [3.8, 4) is 0 Å². The zero-order chi connectivity index (χ0) is 10.7. The van der Waals surface area contributed by atoms with Gasteiger partial charge in [0.25, 0.3) is 0 Å². The zero-order valence-electron chi connectivity index (χ0n) is 9.07. The van der Waals surface area contributed by atoms with Crippen LogP contribution in [0.15, 0.2) is 12.1 Å². The van der Waals surface area contributed by atoms with Gasteiger partial charge in [0.1, 0.15) is 5.82 Å². The number of pyridine rings is 1. The van der Waals surface area contributed by atoms with E-state index < -0.39 is 0 Å². The van der Waals surface area contributed by atoms with Crippen molar-refractivity contribution < 1.29 is 0 Å². The van der Waals surface area contributed by atoms with Gasteiger partial charge >= 0.3 is 0 Å². The van der Waals surface area contributed by atoms with Crippen LogP contribution in [0.25, 0.3) is 0 Å².